The second kappa shape index (κ2) is 6.94. The van der Waals surface area contributed by atoms with Crippen molar-refractivity contribution in [3.8, 4) is 0 Å². The monoisotopic (exact) mass is 388 g/mol. The second-order valence-corrected chi connectivity index (χ2v) is 6.76. The lowest BCUT2D eigenvalue weighted by Crippen LogP contribution is -2.26. The Hall–Kier alpha value is -3.87. The number of hydrogen-bond acceptors (Lipinski definition) is 3. The van der Waals surface area contributed by atoms with E-state index >= 15 is 0 Å². The largest absolute Gasteiger partial charge is 0.463 e. The van der Waals surface area contributed by atoms with Crippen molar-refractivity contribution < 1.29 is 13.6 Å². The Bertz CT molecular complexity index is 1300. The summed E-state index contributed by atoms with van der Waals surface area (Å²) < 4.78 is 21.4. The molecule has 5 rings (SSSR count). The number of furan rings is 1. The third kappa shape index (κ3) is 3.16. The number of imidazole rings is 1. The maximum absolute atomic E-state index is 14.2. The summed E-state index contributed by atoms with van der Waals surface area (Å²) in [5.74, 6) is 0.0649. The first kappa shape index (κ1) is 17.2. The van der Waals surface area contributed by atoms with Crippen LogP contribution in [0.4, 0.5) is 4.39 Å². The van der Waals surface area contributed by atoms with Crippen molar-refractivity contribution in [1.29, 1.82) is 0 Å². The molecule has 5 aromatic rings. The number of benzene rings is 2. The zero-order valence-electron chi connectivity index (χ0n) is 15.4. The molecule has 0 aliphatic rings. The first-order chi connectivity index (χ1) is 14.2. The van der Waals surface area contributed by atoms with Crippen LogP contribution in [-0.4, -0.2) is 20.4 Å². The van der Waals surface area contributed by atoms with Crippen molar-refractivity contribution in [1.82, 2.24) is 19.9 Å². The highest BCUT2D eigenvalue weighted by atomic mass is 19.1. The highest BCUT2D eigenvalue weighted by Gasteiger charge is 2.19. The number of aromatic nitrogens is 3. The molecule has 29 heavy (non-hydrogen) atoms. The van der Waals surface area contributed by atoms with Crippen molar-refractivity contribution in [2.75, 3.05) is 0 Å². The van der Waals surface area contributed by atoms with Crippen molar-refractivity contribution in [3.05, 3.63) is 89.8 Å². The standard InChI is InChI=1S/C22H17FN4O2/c23-15-6-2-1-5-14(15)13-27-18-9-10-29-20(18)11-19(27)22(28)24-12-21-25-16-7-3-4-8-17(16)26-21/h1-11H,12-13H2,(H,24,28)(H,25,26). The molecule has 0 saturated heterocycles. The Morgan fingerprint density at radius 2 is 1.97 bits per heavy atom. The Morgan fingerprint density at radius 3 is 2.83 bits per heavy atom. The number of nitrogens with one attached hydrogen (secondary N) is 2. The molecule has 1 amide bonds. The van der Waals surface area contributed by atoms with Crippen molar-refractivity contribution in [2.45, 2.75) is 13.1 Å². The summed E-state index contributed by atoms with van der Waals surface area (Å²) in [6, 6.07) is 17.6. The van der Waals surface area contributed by atoms with Gasteiger partial charge in [-0.05, 0) is 18.2 Å². The fourth-order valence-electron chi connectivity index (χ4n) is 3.48. The fourth-order valence-corrected chi connectivity index (χ4v) is 3.48. The number of hydrogen-bond donors (Lipinski definition) is 2. The predicted molar refractivity (Wildman–Crippen MR) is 107 cm³/mol. The molecule has 0 saturated carbocycles. The molecular weight excluding hydrogens is 371 g/mol. The average Bonchev–Trinajstić information content (AvgIpc) is 3.43. The maximum Gasteiger partial charge on any atom is 0.268 e. The minimum atomic E-state index is -0.313. The number of nitrogens with zero attached hydrogens (tertiary/aromatic N) is 2. The molecule has 6 nitrogen and oxygen atoms in total. The van der Waals surface area contributed by atoms with Crippen molar-refractivity contribution in [2.24, 2.45) is 0 Å². The van der Waals surface area contributed by atoms with E-state index in [4.69, 9.17) is 4.42 Å². The van der Waals surface area contributed by atoms with Crippen LogP contribution in [0.2, 0.25) is 0 Å². The van der Waals surface area contributed by atoms with Gasteiger partial charge >= 0.3 is 0 Å². The van der Waals surface area contributed by atoms with Gasteiger partial charge in [0.1, 0.15) is 17.3 Å². The van der Waals surface area contributed by atoms with Gasteiger partial charge in [0.2, 0.25) is 0 Å². The molecule has 0 spiro atoms. The lowest BCUT2D eigenvalue weighted by molar-refractivity contribution is 0.0941. The molecule has 0 radical (unpaired) electrons. The normalized spacial score (nSPS) is 11.3. The summed E-state index contributed by atoms with van der Waals surface area (Å²) in [5, 5.41) is 2.88. The molecule has 0 aliphatic carbocycles. The van der Waals surface area contributed by atoms with Crippen LogP contribution in [0, 0.1) is 5.82 Å². The van der Waals surface area contributed by atoms with Gasteiger partial charge in [-0.15, -0.1) is 0 Å². The number of carbonyl (C=O) groups excluding carboxylic acids is 1. The Kier molecular flexibility index (Phi) is 4.13. The molecule has 0 fully saturated rings. The van der Waals surface area contributed by atoms with Crippen LogP contribution in [0.5, 0.6) is 0 Å². The molecule has 3 heterocycles. The molecule has 2 aromatic carbocycles. The zero-order chi connectivity index (χ0) is 19.8. The van der Waals surface area contributed by atoms with Gasteiger partial charge < -0.3 is 19.3 Å². The summed E-state index contributed by atoms with van der Waals surface area (Å²) in [6.07, 6.45) is 1.55. The van der Waals surface area contributed by atoms with Gasteiger partial charge in [0.15, 0.2) is 5.58 Å². The molecule has 0 atom stereocenters. The van der Waals surface area contributed by atoms with Crippen LogP contribution in [0.15, 0.2) is 71.3 Å². The molecule has 0 aliphatic heterocycles. The van der Waals surface area contributed by atoms with Crippen LogP contribution in [0.1, 0.15) is 21.9 Å². The number of para-hydroxylation sites is 2. The third-order valence-electron chi connectivity index (χ3n) is 4.90. The van der Waals surface area contributed by atoms with E-state index < -0.39 is 0 Å². The summed E-state index contributed by atoms with van der Waals surface area (Å²) >= 11 is 0. The van der Waals surface area contributed by atoms with E-state index in [-0.39, 0.29) is 24.8 Å². The molecule has 144 valence electrons. The molecule has 0 bridgehead atoms. The lowest BCUT2D eigenvalue weighted by Gasteiger charge is -2.11. The van der Waals surface area contributed by atoms with Gasteiger partial charge in [-0.25, -0.2) is 9.37 Å². The SMILES string of the molecule is O=C(NCc1nc2ccccc2[nH]1)c1cc2occc2n1Cc1ccccc1F. The molecular formula is C22H17FN4O2. The molecule has 0 unspecified atom stereocenters. The Labute approximate surface area is 165 Å². The van der Waals surface area contributed by atoms with Crippen LogP contribution in [-0.2, 0) is 13.1 Å². The van der Waals surface area contributed by atoms with E-state index in [1.54, 1.807) is 41.2 Å². The third-order valence-corrected chi connectivity index (χ3v) is 4.90. The van der Waals surface area contributed by atoms with E-state index in [1.165, 1.54) is 6.07 Å². The number of H-pyrrole nitrogens is 1. The van der Waals surface area contributed by atoms with Gasteiger partial charge in [-0.1, -0.05) is 30.3 Å². The second-order valence-electron chi connectivity index (χ2n) is 6.76. The number of aromatic amines is 1. The van der Waals surface area contributed by atoms with E-state index in [2.05, 4.69) is 15.3 Å². The average molecular weight is 388 g/mol. The molecule has 3 aromatic heterocycles. The first-order valence-electron chi connectivity index (χ1n) is 9.21. The number of carbonyl (C=O) groups is 1. The van der Waals surface area contributed by atoms with Crippen LogP contribution in [0.3, 0.4) is 0 Å². The van der Waals surface area contributed by atoms with E-state index in [9.17, 15) is 9.18 Å². The van der Waals surface area contributed by atoms with Gasteiger partial charge in [0, 0.05) is 17.7 Å². The lowest BCUT2D eigenvalue weighted by atomic mass is 10.2. The number of fused-ring (bicyclic) bond motifs is 2. The topological polar surface area (TPSA) is 75.8 Å². The van der Waals surface area contributed by atoms with Crippen LogP contribution in [0.25, 0.3) is 22.1 Å². The van der Waals surface area contributed by atoms with Crippen LogP contribution >= 0.6 is 0 Å². The van der Waals surface area contributed by atoms with Crippen molar-refractivity contribution >= 4 is 28.0 Å². The fraction of sp³-hybridized carbons (Fsp3) is 0.0909. The maximum atomic E-state index is 14.2. The number of amides is 1. The Balaban J connectivity index is 1.42. The molecule has 7 heteroatoms. The smallest absolute Gasteiger partial charge is 0.268 e. The van der Waals surface area contributed by atoms with Crippen molar-refractivity contribution in [3.63, 3.8) is 0 Å². The van der Waals surface area contributed by atoms with Crippen LogP contribution < -0.4 is 5.32 Å². The Morgan fingerprint density at radius 1 is 1.14 bits per heavy atom. The summed E-state index contributed by atoms with van der Waals surface area (Å²) in [4.78, 5) is 20.5. The highest BCUT2D eigenvalue weighted by Crippen LogP contribution is 2.23. The van der Waals surface area contributed by atoms with Gasteiger partial charge in [0.25, 0.3) is 5.91 Å². The number of rotatable bonds is 5. The highest BCUT2D eigenvalue weighted by molar-refractivity contribution is 5.97. The minimum absolute atomic E-state index is 0.225. The van der Waals surface area contributed by atoms with Gasteiger partial charge in [-0.2, -0.15) is 0 Å². The summed E-state index contributed by atoms with van der Waals surface area (Å²) in [7, 11) is 0. The zero-order valence-corrected chi connectivity index (χ0v) is 15.4. The number of halogens is 1. The molecule has 2 N–H and O–H groups in total. The summed E-state index contributed by atoms with van der Waals surface area (Å²) in [6.45, 7) is 0.475. The summed E-state index contributed by atoms with van der Waals surface area (Å²) in [5.41, 5.74) is 3.97. The van der Waals surface area contributed by atoms with Gasteiger partial charge in [-0.3, -0.25) is 4.79 Å². The van der Waals surface area contributed by atoms with E-state index in [0.29, 0.717) is 22.7 Å². The predicted octanol–water partition coefficient (Wildman–Crippen LogP) is 4.23. The van der Waals surface area contributed by atoms with E-state index in [0.717, 1.165) is 16.6 Å². The first-order valence-corrected chi connectivity index (χ1v) is 9.21. The quantitative estimate of drug-likeness (QED) is 0.473. The minimum Gasteiger partial charge on any atom is -0.463 e. The van der Waals surface area contributed by atoms with E-state index in [1.807, 2.05) is 24.3 Å². The van der Waals surface area contributed by atoms with Gasteiger partial charge in [0.05, 0.1) is 35.9 Å².